The van der Waals surface area contributed by atoms with E-state index >= 15 is 0 Å². The lowest BCUT2D eigenvalue weighted by Crippen LogP contribution is -2.02. The predicted molar refractivity (Wildman–Crippen MR) is 71.4 cm³/mol. The van der Waals surface area contributed by atoms with Crippen LogP contribution in [0.15, 0.2) is 22.7 Å². The Labute approximate surface area is 115 Å². The van der Waals surface area contributed by atoms with Crippen LogP contribution in [0.3, 0.4) is 0 Å². The van der Waals surface area contributed by atoms with E-state index in [4.69, 9.17) is 0 Å². The highest BCUT2D eigenvalue weighted by molar-refractivity contribution is 9.10. The van der Waals surface area contributed by atoms with Crippen LogP contribution in [0.1, 0.15) is 12.7 Å². The first-order chi connectivity index (χ1) is 8.17. The predicted octanol–water partition coefficient (Wildman–Crippen LogP) is 3.76. The van der Waals surface area contributed by atoms with Gasteiger partial charge in [-0.15, -0.1) is 10.2 Å². The van der Waals surface area contributed by atoms with Crippen molar-refractivity contribution < 1.29 is 4.39 Å². The lowest BCUT2D eigenvalue weighted by molar-refractivity contribution is 0.621. The first-order valence-corrected chi connectivity index (χ1v) is 7.02. The van der Waals surface area contributed by atoms with Gasteiger partial charge in [-0.2, -0.15) is 0 Å². The Hall–Kier alpha value is -0.750. The van der Waals surface area contributed by atoms with E-state index in [2.05, 4.69) is 42.1 Å². The van der Waals surface area contributed by atoms with Crippen LogP contribution in [0.25, 0.3) is 11.4 Å². The number of halogens is 3. The Balaban J connectivity index is 2.52. The maximum atomic E-state index is 13.5. The molecule has 0 aliphatic rings. The van der Waals surface area contributed by atoms with E-state index < -0.39 is 0 Å². The number of hydrogen-bond acceptors (Lipinski definition) is 2. The molecule has 2 rings (SSSR count). The molecule has 17 heavy (non-hydrogen) atoms. The van der Waals surface area contributed by atoms with Crippen molar-refractivity contribution in [3.8, 4) is 11.4 Å². The van der Waals surface area contributed by atoms with Gasteiger partial charge in [0.05, 0.1) is 9.80 Å². The van der Waals surface area contributed by atoms with E-state index in [0.717, 1.165) is 17.9 Å². The number of alkyl halides is 1. The van der Waals surface area contributed by atoms with E-state index in [9.17, 15) is 4.39 Å². The fourth-order valence-corrected chi connectivity index (χ4v) is 2.28. The van der Waals surface area contributed by atoms with Crippen molar-refractivity contribution in [1.82, 2.24) is 14.8 Å². The standard InChI is InChI=1S/C11H10Br2FN3/c1-2-17-10(6-12)15-16-11(17)7-3-4-8(13)9(14)5-7/h3-5H,2,6H2,1H3. The van der Waals surface area contributed by atoms with Crippen LogP contribution in [-0.2, 0) is 11.9 Å². The molecule has 0 aliphatic heterocycles. The lowest BCUT2D eigenvalue weighted by Gasteiger charge is -2.06. The van der Waals surface area contributed by atoms with E-state index in [1.165, 1.54) is 6.07 Å². The third-order valence-electron chi connectivity index (χ3n) is 2.44. The SMILES string of the molecule is CCn1c(CBr)nnc1-c1ccc(Br)c(F)c1. The third-order valence-corrected chi connectivity index (χ3v) is 3.59. The molecule has 3 nitrogen and oxygen atoms in total. The molecule has 0 radical (unpaired) electrons. The van der Waals surface area contributed by atoms with Gasteiger partial charge in [0.15, 0.2) is 5.82 Å². The van der Waals surface area contributed by atoms with E-state index in [-0.39, 0.29) is 5.82 Å². The molecular weight excluding hydrogens is 353 g/mol. The quantitative estimate of drug-likeness (QED) is 0.778. The van der Waals surface area contributed by atoms with Gasteiger partial charge < -0.3 is 4.57 Å². The second-order valence-electron chi connectivity index (χ2n) is 3.45. The molecule has 6 heteroatoms. The van der Waals surface area contributed by atoms with Gasteiger partial charge in [0.1, 0.15) is 11.6 Å². The minimum Gasteiger partial charge on any atom is -0.311 e. The zero-order chi connectivity index (χ0) is 12.4. The summed E-state index contributed by atoms with van der Waals surface area (Å²) in [7, 11) is 0. The van der Waals surface area contributed by atoms with Crippen LogP contribution < -0.4 is 0 Å². The molecule has 1 aromatic carbocycles. The summed E-state index contributed by atoms with van der Waals surface area (Å²) in [4.78, 5) is 0. The average Bonchev–Trinajstić information content (AvgIpc) is 2.75. The van der Waals surface area contributed by atoms with Gasteiger partial charge in [0.25, 0.3) is 0 Å². The summed E-state index contributed by atoms with van der Waals surface area (Å²) in [5.74, 6) is 1.23. The second-order valence-corrected chi connectivity index (χ2v) is 4.86. The Morgan fingerprint density at radius 3 is 2.71 bits per heavy atom. The molecule has 0 saturated heterocycles. The Morgan fingerprint density at radius 2 is 2.12 bits per heavy atom. The molecule has 1 heterocycles. The number of nitrogens with zero attached hydrogens (tertiary/aromatic N) is 3. The summed E-state index contributed by atoms with van der Waals surface area (Å²) >= 11 is 6.49. The van der Waals surface area contributed by atoms with Crippen molar-refractivity contribution in [3.05, 3.63) is 34.3 Å². The summed E-state index contributed by atoms with van der Waals surface area (Å²) < 4.78 is 15.9. The van der Waals surface area contributed by atoms with Gasteiger partial charge >= 0.3 is 0 Å². The number of rotatable bonds is 3. The van der Waals surface area contributed by atoms with Gasteiger partial charge in [0.2, 0.25) is 0 Å². The van der Waals surface area contributed by atoms with E-state index in [0.29, 0.717) is 15.6 Å². The molecule has 0 spiro atoms. The Morgan fingerprint density at radius 1 is 1.35 bits per heavy atom. The van der Waals surface area contributed by atoms with Crippen LogP contribution in [0, 0.1) is 5.82 Å². The highest BCUT2D eigenvalue weighted by Gasteiger charge is 2.12. The van der Waals surface area contributed by atoms with Gasteiger partial charge in [-0.3, -0.25) is 0 Å². The first kappa shape index (κ1) is 12.7. The molecule has 0 saturated carbocycles. The zero-order valence-electron chi connectivity index (χ0n) is 9.12. The first-order valence-electron chi connectivity index (χ1n) is 5.10. The Kier molecular flexibility index (Phi) is 3.93. The van der Waals surface area contributed by atoms with Gasteiger partial charge in [-0.05, 0) is 41.1 Å². The molecule has 0 fully saturated rings. The smallest absolute Gasteiger partial charge is 0.164 e. The van der Waals surface area contributed by atoms with Crippen LogP contribution in [-0.4, -0.2) is 14.8 Å². The molecule has 0 N–H and O–H groups in total. The fraction of sp³-hybridized carbons (Fsp3) is 0.273. The minimum atomic E-state index is -0.298. The molecule has 0 unspecified atom stereocenters. The summed E-state index contributed by atoms with van der Waals surface area (Å²) in [5.41, 5.74) is 0.729. The van der Waals surface area contributed by atoms with Crippen molar-refractivity contribution >= 4 is 31.9 Å². The van der Waals surface area contributed by atoms with Crippen molar-refractivity contribution in [2.24, 2.45) is 0 Å². The van der Waals surface area contributed by atoms with Gasteiger partial charge in [0, 0.05) is 12.1 Å². The van der Waals surface area contributed by atoms with Crippen LogP contribution in [0.2, 0.25) is 0 Å². The average molecular weight is 363 g/mol. The maximum absolute atomic E-state index is 13.5. The highest BCUT2D eigenvalue weighted by Crippen LogP contribution is 2.24. The molecule has 90 valence electrons. The molecule has 0 bridgehead atoms. The molecule has 1 aromatic heterocycles. The van der Waals surface area contributed by atoms with Crippen molar-refractivity contribution in [2.45, 2.75) is 18.8 Å². The van der Waals surface area contributed by atoms with Crippen LogP contribution >= 0.6 is 31.9 Å². The van der Waals surface area contributed by atoms with Crippen molar-refractivity contribution in [1.29, 1.82) is 0 Å². The fourth-order valence-electron chi connectivity index (χ4n) is 1.62. The van der Waals surface area contributed by atoms with Crippen molar-refractivity contribution in [2.75, 3.05) is 0 Å². The summed E-state index contributed by atoms with van der Waals surface area (Å²) in [6.45, 7) is 2.76. The molecule has 0 atom stereocenters. The molecule has 0 amide bonds. The monoisotopic (exact) mass is 361 g/mol. The second kappa shape index (κ2) is 5.27. The van der Waals surface area contributed by atoms with E-state index in [1.807, 2.05) is 17.6 Å². The van der Waals surface area contributed by atoms with Gasteiger partial charge in [-0.25, -0.2) is 4.39 Å². The van der Waals surface area contributed by atoms with E-state index in [1.54, 1.807) is 6.07 Å². The van der Waals surface area contributed by atoms with Crippen LogP contribution in [0.4, 0.5) is 4.39 Å². The maximum Gasteiger partial charge on any atom is 0.164 e. The number of benzene rings is 1. The normalized spacial score (nSPS) is 10.8. The number of hydrogen-bond donors (Lipinski definition) is 0. The van der Waals surface area contributed by atoms with Crippen LogP contribution in [0.5, 0.6) is 0 Å². The third kappa shape index (κ3) is 2.42. The summed E-state index contributed by atoms with van der Waals surface area (Å²) in [5, 5.41) is 8.80. The largest absolute Gasteiger partial charge is 0.311 e. The summed E-state index contributed by atoms with van der Waals surface area (Å²) in [6.07, 6.45) is 0. The van der Waals surface area contributed by atoms with Crippen molar-refractivity contribution in [3.63, 3.8) is 0 Å². The summed E-state index contributed by atoms with van der Waals surface area (Å²) in [6, 6.07) is 4.95. The minimum absolute atomic E-state index is 0.298. The molecule has 2 aromatic rings. The van der Waals surface area contributed by atoms with Gasteiger partial charge in [-0.1, -0.05) is 15.9 Å². The zero-order valence-corrected chi connectivity index (χ0v) is 12.3. The Bertz CT molecular complexity index is 540. The topological polar surface area (TPSA) is 30.7 Å². The number of aromatic nitrogens is 3. The lowest BCUT2D eigenvalue weighted by atomic mass is 10.2. The molecular formula is C11H10Br2FN3. The molecule has 0 aliphatic carbocycles. The highest BCUT2D eigenvalue weighted by atomic mass is 79.9.